The molecular weight excluding hydrogens is 215 g/mol. The van der Waals surface area contributed by atoms with Crippen LogP contribution in [0.1, 0.15) is 12.8 Å². The first-order valence-electron chi connectivity index (χ1n) is 4.87. The summed E-state index contributed by atoms with van der Waals surface area (Å²) < 4.78 is 21.6. The zero-order valence-electron chi connectivity index (χ0n) is 8.48. The predicted octanol–water partition coefficient (Wildman–Crippen LogP) is 1.77. The van der Waals surface area contributed by atoms with Gasteiger partial charge in [0.05, 0.1) is 0 Å². The highest BCUT2D eigenvalue weighted by Gasteiger charge is 2.54. The van der Waals surface area contributed by atoms with Crippen LogP contribution in [0.2, 0.25) is 0 Å². The Bertz CT molecular complexity index is 401. The van der Waals surface area contributed by atoms with Gasteiger partial charge in [-0.3, -0.25) is 0 Å². The molecule has 86 valence electrons. The van der Waals surface area contributed by atoms with Crippen LogP contribution in [0.5, 0.6) is 11.5 Å². The first-order valence-corrected chi connectivity index (χ1v) is 4.87. The fourth-order valence-corrected chi connectivity index (χ4v) is 1.42. The van der Waals surface area contributed by atoms with Gasteiger partial charge in [-0.15, -0.1) is 0 Å². The van der Waals surface area contributed by atoms with E-state index in [4.69, 9.17) is 4.74 Å². The van der Waals surface area contributed by atoms with Crippen molar-refractivity contribution in [3.05, 3.63) is 24.3 Å². The summed E-state index contributed by atoms with van der Waals surface area (Å²) in [5.74, 6) is -0.279. The Morgan fingerprint density at radius 1 is 1.50 bits per heavy atom. The largest absolute Gasteiger partial charge is 0.508 e. The molecule has 1 aromatic carbocycles. The summed E-state index contributed by atoms with van der Waals surface area (Å²) in [6, 6.07) is 6.10. The van der Waals surface area contributed by atoms with Crippen molar-refractivity contribution in [3.63, 3.8) is 0 Å². The summed E-state index contributed by atoms with van der Waals surface area (Å²) in [6.45, 7) is -1.15. The van der Waals surface area contributed by atoms with Gasteiger partial charge in [0.15, 0.2) is 0 Å². The van der Waals surface area contributed by atoms with Gasteiger partial charge in [-0.05, 0) is 12.1 Å². The third kappa shape index (κ3) is 2.08. The Morgan fingerprint density at radius 2 is 2.25 bits per heavy atom. The number of carbonyl (C=O) groups is 1. The van der Waals surface area contributed by atoms with Gasteiger partial charge in [0, 0.05) is 18.9 Å². The minimum absolute atomic E-state index is 0.0483. The fourth-order valence-electron chi connectivity index (χ4n) is 1.42. The van der Waals surface area contributed by atoms with Crippen LogP contribution in [0.15, 0.2) is 24.3 Å². The molecule has 4 nitrogen and oxygen atoms in total. The van der Waals surface area contributed by atoms with E-state index >= 15 is 0 Å². The molecule has 0 saturated heterocycles. The molecule has 1 aromatic rings. The van der Waals surface area contributed by atoms with Gasteiger partial charge >= 0.3 is 5.97 Å². The first kappa shape index (κ1) is 10.7. The maximum atomic E-state index is 11.9. The number of hydrogen-bond acceptors (Lipinski definition) is 4. The number of hydrogen-bond donors (Lipinski definition) is 1. The van der Waals surface area contributed by atoms with Crippen LogP contribution in [-0.4, -0.2) is 23.5 Å². The number of halogens is 1. The molecule has 0 aromatic heterocycles. The third-order valence-electron chi connectivity index (χ3n) is 2.39. The van der Waals surface area contributed by atoms with Crippen LogP contribution in [0, 0.1) is 0 Å². The number of carbonyl (C=O) groups excluding carboxylic acids is 1. The molecule has 5 heteroatoms. The van der Waals surface area contributed by atoms with Gasteiger partial charge in [0.1, 0.15) is 11.5 Å². The fraction of sp³-hybridized carbons (Fsp3) is 0.364. The maximum absolute atomic E-state index is 11.9. The molecule has 0 radical (unpaired) electrons. The molecule has 0 heterocycles. The van der Waals surface area contributed by atoms with Gasteiger partial charge in [0.2, 0.25) is 12.5 Å². The predicted molar refractivity (Wildman–Crippen MR) is 52.8 cm³/mol. The van der Waals surface area contributed by atoms with Crippen molar-refractivity contribution in [2.24, 2.45) is 0 Å². The number of benzene rings is 1. The summed E-state index contributed by atoms with van der Waals surface area (Å²) in [5, 5.41) is 9.22. The minimum atomic E-state index is -1.15. The third-order valence-corrected chi connectivity index (χ3v) is 2.39. The molecular formula is C11H11FO4. The lowest BCUT2D eigenvalue weighted by Crippen LogP contribution is -2.31. The quantitative estimate of drug-likeness (QED) is 0.795. The Kier molecular flexibility index (Phi) is 2.68. The molecule has 1 aliphatic carbocycles. The number of aromatic hydroxyl groups is 1. The normalized spacial score (nSPS) is 16.6. The van der Waals surface area contributed by atoms with E-state index in [1.807, 2.05) is 0 Å². The van der Waals surface area contributed by atoms with E-state index in [1.165, 1.54) is 12.1 Å². The molecule has 1 aliphatic rings. The lowest BCUT2D eigenvalue weighted by Gasteiger charge is -2.15. The molecule has 16 heavy (non-hydrogen) atoms. The number of ether oxygens (including phenoxy) is 2. The van der Waals surface area contributed by atoms with Crippen LogP contribution in [-0.2, 0) is 9.53 Å². The average molecular weight is 226 g/mol. The number of alkyl halides is 1. The second-order valence-corrected chi connectivity index (χ2v) is 3.63. The zero-order chi connectivity index (χ0) is 11.6. The van der Waals surface area contributed by atoms with Gasteiger partial charge in [-0.25, -0.2) is 9.18 Å². The van der Waals surface area contributed by atoms with Crippen molar-refractivity contribution < 1.29 is 23.8 Å². The summed E-state index contributed by atoms with van der Waals surface area (Å²) in [6.07, 6.45) is 1.00. The summed E-state index contributed by atoms with van der Waals surface area (Å²) in [7, 11) is 0. The van der Waals surface area contributed by atoms with Gasteiger partial charge in [-0.1, -0.05) is 6.07 Å². The first-order chi connectivity index (χ1) is 7.66. The maximum Gasteiger partial charge on any atom is 0.352 e. The van der Waals surface area contributed by atoms with E-state index in [1.54, 1.807) is 12.1 Å². The van der Waals surface area contributed by atoms with E-state index in [0.717, 1.165) is 0 Å². The van der Waals surface area contributed by atoms with E-state index < -0.39 is 18.4 Å². The SMILES string of the molecule is O=C(OCF)C1(Oc2cccc(O)c2)CC1. The highest BCUT2D eigenvalue weighted by atomic mass is 19.1. The summed E-state index contributed by atoms with van der Waals surface area (Å²) in [4.78, 5) is 11.4. The molecule has 2 rings (SSSR count). The van der Waals surface area contributed by atoms with Gasteiger partial charge in [0.25, 0.3) is 0 Å². The van der Waals surface area contributed by atoms with Crippen molar-refractivity contribution in [2.45, 2.75) is 18.4 Å². The lowest BCUT2D eigenvalue weighted by atomic mass is 10.3. The van der Waals surface area contributed by atoms with Crippen molar-refractivity contribution in [3.8, 4) is 11.5 Å². The number of esters is 1. The Morgan fingerprint density at radius 3 is 2.81 bits per heavy atom. The Hall–Kier alpha value is -1.78. The van der Waals surface area contributed by atoms with E-state index in [-0.39, 0.29) is 5.75 Å². The monoisotopic (exact) mass is 226 g/mol. The van der Waals surface area contributed by atoms with E-state index in [2.05, 4.69) is 4.74 Å². The van der Waals surface area contributed by atoms with Crippen LogP contribution < -0.4 is 4.74 Å². The molecule has 1 saturated carbocycles. The van der Waals surface area contributed by atoms with Crippen molar-refractivity contribution in [2.75, 3.05) is 6.86 Å². The van der Waals surface area contributed by atoms with Gasteiger partial charge < -0.3 is 14.6 Å². The second kappa shape index (κ2) is 4.00. The van der Waals surface area contributed by atoms with Crippen LogP contribution in [0.4, 0.5) is 4.39 Å². The summed E-state index contributed by atoms with van der Waals surface area (Å²) in [5.41, 5.74) is -1.06. The smallest absolute Gasteiger partial charge is 0.352 e. The number of phenolic OH excluding ortho intramolecular Hbond substituents is 1. The van der Waals surface area contributed by atoms with E-state index in [0.29, 0.717) is 18.6 Å². The second-order valence-electron chi connectivity index (χ2n) is 3.63. The standard InChI is InChI=1S/C11H11FO4/c12-7-15-10(14)11(4-5-11)16-9-3-1-2-8(13)6-9/h1-3,6,13H,4-5,7H2. The number of phenols is 1. The molecule has 0 atom stereocenters. The molecule has 0 bridgehead atoms. The summed E-state index contributed by atoms with van der Waals surface area (Å²) >= 11 is 0. The van der Waals surface area contributed by atoms with Gasteiger partial charge in [-0.2, -0.15) is 0 Å². The molecule has 1 fully saturated rings. The molecule has 0 amide bonds. The highest BCUT2D eigenvalue weighted by Crippen LogP contribution is 2.41. The molecule has 0 spiro atoms. The Labute approximate surface area is 91.6 Å². The molecule has 0 aliphatic heterocycles. The highest BCUT2D eigenvalue weighted by molar-refractivity contribution is 5.83. The lowest BCUT2D eigenvalue weighted by molar-refractivity contribution is -0.158. The number of rotatable bonds is 4. The molecule has 1 N–H and O–H groups in total. The minimum Gasteiger partial charge on any atom is -0.508 e. The van der Waals surface area contributed by atoms with Crippen molar-refractivity contribution in [1.29, 1.82) is 0 Å². The topological polar surface area (TPSA) is 55.8 Å². The average Bonchev–Trinajstić information content (AvgIpc) is 2.99. The van der Waals surface area contributed by atoms with Crippen LogP contribution in [0.25, 0.3) is 0 Å². The van der Waals surface area contributed by atoms with Crippen molar-refractivity contribution in [1.82, 2.24) is 0 Å². The van der Waals surface area contributed by atoms with Crippen LogP contribution >= 0.6 is 0 Å². The molecule has 0 unspecified atom stereocenters. The van der Waals surface area contributed by atoms with Crippen molar-refractivity contribution >= 4 is 5.97 Å². The van der Waals surface area contributed by atoms with E-state index in [9.17, 15) is 14.3 Å². The Balaban J connectivity index is 2.07. The van der Waals surface area contributed by atoms with Crippen LogP contribution in [0.3, 0.4) is 0 Å². The zero-order valence-corrected chi connectivity index (χ0v) is 8.48.